The van der Waals surface area contributed by atoms with Crippen molar-refractivity contribution in [2.75, 3.05) is 6.54 Å². The fourth-order valence-electron chi connectivity index (χ4n) is 6.29. The Labute approximate surface area is 116 Å². The summed E-state index contributed by atoms with van der Waals surface area (Å²) in [4.78, 5) is 14.7. The molecule has 1 aliphatic heterocycles. The molecule has 106 valence electrons. The third-order valence-corrected chi connectivity index (χ3v) is 6.94. The second-order valence-corrected chi connectivity index (χ2v) is 8.08. The number of rotatable bonds is 1. The van der Waals surface area contributed by atoms with Crippen molar-refractivity contribution < 1.29 is 4.79 Å². The lowest BCUT2D eigenvalue weighted by atomic mass is 9.52. The van der Waals surface area contributed by atoms with Gasteiger partial charge < -0.3 is 0 Å². The summed E-state index contributed by atoms with van der Waals surface area (Å²) in [5, 5.41) is 0. The first-order valence-electron chi connectivity index (χ1n) is 8.37. The number of carbonyl (C=O) groups is 1. The zero-order chi connectivity index (χ0) is 13.2. The van der Waals surface area contributed by atoms with E-state index in [1.54, 1.807) is 0 Å². The van der Waals surface area contributed by atoms with Gasteiger partial charge in [0.25, 0.3) is 0 Å². The molecule has 0 aromatic heterocycles. The normalized spacial score (nSPS) is 53.8. The first-order valence-corrected chi connectivity index (χ1v) is 8.37. The minimum absolute atomic E-state index is 0.252. The fraction of sp³-hybridized carbons (Fsp3) is 0.941. The lowest BCUT2D eigenvalue weighted by Gasteiger charge is -2.63. The molecule has 0 radical (unpaired) electrons. The van der Waals surface area contributed by atoms with Crippen molar-refractivity contribution in [3.8, 4) is 0 Å². The Morgan fingerprint density at radius 3 is 2.05 bits per heavy atom. The Morgan fingerprint density at radius 1 is 1.00 bits per heavy atom. The Morgan fingerprint density at radius 2 is 1.53 bits per heavy atom. The van der Waals surface area contributed by atoms with Gasteiger partial charge in [0.15, 0.2) is 0 Å². The Hall–Kier alpha value is -0.370. The molecule has 2 unspecified atom stereocenters. The van der Waals surface area contributed by atoms with Gasteiger partial charge in [-0.15, -0.1) is 0 Å². The Balaban J connectivity index is 1.63. The molecule has 4 bridgehead atoms. The second-order valence-electron chi connectivity index (χ2n) is 8.08. The maximum Gasteiger partial charge on any atom is 0.138 e. The molecule has 4 saturated carbocycles. The molecule has 19 heavy (non-hydrogen) atoms. The third-order valence-electron chi connectivity index (χ3n) is 6.94. The van der Waals surface area contributed by atoms with Crippen molar-refractivity contribution >= 4 is 5.78 Å². The van der Waals surface area contributed by atoms with Crippen LogP contribution < -0.4 is 0 Å². The number of carbonyl (C=O) groups excluding carboxylic acids is 1. The summed E-state index contributed by atoms with van der Waals surface area (Å²) < 4.78 is 0. The van der Waals surface area contributed by atoms with Crippen LogP contribution in [0.1, 0.15) is 58.8 Å². The van der Waals surface area contributed by atoms with E-state index in [-0.39, 0.29) is 5.92 Å². The van der Waals surface area contributed by atoms with Gasteiger partial charge in [-0.05, 0) is 63.2 Å². The van der Waals surface area contributed by atoms with Gasteiger partial charge in [-0.25, -0.2) is 0 Å². The van der Waals surface area contributed by atoms with Crippen LogP contribution in [0.25, 0.3) is 0 Å². The Bertz CT molecular complexity index is 367. The molecule has 2 heteroatoms. The maximum absolute atomic E-state index is 12.0. The number of likely N-dealkylation sites (tertiary alicyclic amines) is 1. The highest BCUT2D eigenvalue weighted by Crippen LogP contribution is 2.58. The topological polar surface area (TPSA) is 20.3 Å². The molecule has 5 fully saturated rings. The van der Waals surface area contributed by atoms with Crippen LogP contribution in [-0.2, 0) is 4.79 Å². The average Bonchev–Trinajstić information content (AvgIpc) is 2.34. The first kappa shape index (κ1) is 12.4. The summed E-state index contributed by atoms with van der Waals surface area (Å²) in [5.41, 5.74) is 0.489. The lowest BCUT2D eigenvalue weighted by molar-refractivity contribution is -0.143. The van der Waals surface area contributed by atoms with E-state index in [9.17, 15) is 4.79 Å². The number of hydrogen-bond donors (Lipinski definition) is 0. The summed E-state index contributed by atoms with van der Waals surface area (Å²) >= 11 is 0. The molecule has 5 aliphatic rings. The summed E-state index contributed by atoms with van der Waals surface area (Å²) in [6.45, 7) is 5.50. The van der Waals surface area contributed by atoms with Crippen LogP contribution in [0.3, 0.4) is 0 Å². The summed E-state index contributed by atoms with van der Waals surface area (Å²) in [6, 6.07) is 0.470. The number of hydrogen-bond acceptors (Lipinski definition) is 2. The van der Waals surface area contributed by atoms with E-state index in [2.05, 4.69) is 18.7 Å². The van der Waals surface area contributed by atoms with Gasteiger partial charge in [0.05, 0.1) is 0 Å². The van der Waals surface area contributed by atoms with Crippen LogP contribution in [0.4, 0.5) is 0 Å². The fourth-order valence-corrected chi connectivity index (χ4v) is 6.29. The molecule has 1 heterocycles. The van der Waals surface area contributed by atoms with Crippen LogP contribution in [-0.4, -0.2) is 28.8 Å². The smallest absolute Gasteiger partial charge is 0.138 e. The van der Waals surface area contributed by atoms with Crippen molar-refractivity contribution in [2.24, 2.45) is 23.7 Å². The van der Waals surface area contributed by atoms with Crippen LogP contribution in [0.15, 0.2) is 0 Å². The highest BCUT2D eigenvalue weighted by Gasteiger charge is 2.55. The molecule has 0 aromatic carbocycles. The molecule has 0 amide bonds. The first-order chi connectivity index (χ1) is 9.07. The molecule has 0 spiro atoms. The van der Waals surface area contributed by atoms with Crippen molar-refractivity contribution in [1.29, 1.82) is 0 Å². The average molecular weight is 261 g/mol. The molecule has 0 aromatic rings. The molecule has 5 rings (SSSR count). The van der Waals surface area contributed by atoms with Crippen molar-refractivity contribution in [3.63, 3.8) is 0 Å². The largest absolute Gasteiger partial charge is 0.299 e. The van der Waals surface area contributed by atoms with Crippen LogP contribution >= 0.6 is 0 Å². The molecular weight excluding hydrogens is 234 g/mol. The summed E-state index contributed by atoms with van der Waals surface area (Å²) in [6.07, 6.45) is 9.63. The van der Waals surface area contributed by atoms with Crippen LogP contribution in [0, 0.1) is 23.7 Å². The predicted octanol–water partition coefficient (Wildman–Crippen LogP) is 3.25. The lowest BCUT2D eigenvalue weighted by Crippen LogP contribution is -2.65. The summed E-state index contributed by atoms with van der Waals surface area (Å²) in [7, 11) is 0. The highest BCUT2D eigenvalue weighted by molar-refractivity contribution is 5.82. The Kier molecular flexibility index (Phi) is 2.65. The molecule has 2 nitrogen and oxygen atoms in total. The zero-order valence-electron chi connectivity index (χ0n) is 12.4. The monoisotopic (exact) mass is 261 g/mol. The van der Waals surface area contributed by atoms with Gasteiger partial charge in [0.1, 0.15) is 5.78 Å². The second kappa shape index (κ2) is 4.07. The molecular formula is C17H27NO. The van der Waals surface area contributed by atoms with Crippen molar-refractivity contribution in [2.45, 2.75) is 70.4 Å². The SMILES string of the molecule is CC1C(=O)CCN(C23CC4CC(CC(C4)C2)C3)C1C. The highest BCUT2D eigenvalue weighted by atomic mass is 16.1. The van der Waals surface area contributed by atoms with E-state index >= 15 is 0 Å². The van der Waals surface area contributed by atoms with Gasteiger partial charge in [-0.1, -0.05) is 6.92 Å². The van der Waals surface area contributed by atoms with E-state index in [1.807, 2.05) is 0 Å². The van der Waals surface area contributed by atoms with Crippen molar-refractivity contribution in [1.82, 2.24) is 4.90 Å². The standard InChI is InChI=1S/C17H27NO/c1-11-12(2)18(4-3-16(11)19)17-8-13-5-14(9-17)7-15(6-13)10-17/h11-15H,3-10H2,1-2H3. The van der Waals surface area contributed by atoms with E-state index in [0.29, 0.717) is 17.4 Å². The van der Waals surface area contributed by atoms with Gasteiger partial charge in [-0.2, -0.15) is 0 Å². The molecule has 0 N–H and O–H groups in total. The van der Waals surface area contributed by atoms with E-state index in [4.69, 9.17) is 0 Å². The minimum atomic E-state index is 0.252. The third kappa shape index (κ3) is 1.75. The summed E-state index contributed by atoms with van der Waals surface area (Å²) in [5.74, 6) is 3.76. The number of Topliss-reactive ketones (excluding diaryl/α,β-unsaturated/α-hetero) is 1. The van der Waals surface area contributed by atoms with Gasteiger partial charge in [-0.3, -0.25) is 9.69 Å². The number of nitrogens with zero attached hydrogens (tertiary/aromatic N) is 1. The number of ketones is 1. The zero-order valence-corrected chi connectivity index (χ0v) is 12.4. The van der Waals surface area contributed by atoms with E-state index < -0.39 is 0 Å². The number of piperidine rings is 1. The molecule has 4 aliphatic carbocycles. The molecule has 1 saturated heterocycles. The van der Waals surface area contributed by atoms with E-state index in [1.165, 1.54) is 38.5 Å². The van der Waals surface area contributed by atoms with Gasteiger partial charge >= 0.3 is 0 Å². The minimum Gasteiger partial charge on any atom is -0.299 e. The van der Waals surface area contributed by atoms with Crippen molar-refractivity contribution in [3.05, 3.63) is 0 Å². The maximum atomic E-state index is 12.0. The molecule has 2 atom stereocenters. The van der Waals surface area contributed by atoms with E-state index in [0.717, 1.165) is 30.7 Å². The van der Waals surface area contributed by atoms with Gasteiger partial charge in [0, 0.05) is 30.5 Å². The van der Waals surface area contributed by atoms with Gasteiger partial charge in [0.2, 0.25) is 0 Å². The van der Waals surface area contributed by atoms with Crippen LogP contribution in [0.2, 0.25) is 0 Å². The quantitative estimate of drug-likeness (QED) is 0.722. The van der Waals surface area contributed by atoms with Crippen LogP contribution in [0.5, 0.6) is 0 Å². The predicted molar refractivity (Wildman–Crippen MR) is 75.9 cm³/mol.